The van der Waals surface area contributed by atoms with Crippen molar-refractivity contribution in [2.45, 2.75) is 38.9 Å². The SMILES string of the molecule is CC(C)[C@H](NC(=O)[C@@H]1Cc2ccccc2C[NH2+]1)C(=O)Nc1ccc2c(c1)OCO2. The minimum Gasteiger partial charge on any atom is -0.454 e. The first kappa shape index (κ1) is 19.3. The number of rotatable bonds is 5. The van der Waals surface area contributed by atoms with Gasteiger partial charge in [0.25, 0.3) is 5.91 Å². The third-order valence-corrected chi connectivity index (χ3v) is 5.40. The molecule has 7 nitrogen and oxygen atoms in total. The summed E-state index contributed by atoms with van der Waals surface area (Å²) in [6.45, 7) is 4.79. The van der Waals surface area contributed by atoms with Crippen LogP contribution >= 0.6 is 0 Å². The zero-order chi connectivity index (χ0) is 20.4. The highest BCUT2D eigenvalue weighted by Crippen LogP contribution is 2.34. The molecular weight excluding hydrogens is 370 g/mol. The number of nitrogens with two attached hydrogens (primary N) is 1. The summed E-state index contributed by atoms with van der Waals surface area (Å²) < 4.78 is 10.6. The molecule has 0 unspecified atom stereocenters. The highest BCUT2D eigenvalue weighted by Gasteiger charge is 2.32. The molecule has 2 aliphatic rings. The van der Waals surface area contributed by atoms with E-state index < -0.39 is 6.04 Å². The van der Waals surface area contributed by atoms with Crippen LogP contribution in [-0.2, 0) is 22.6 Å². The molecule has 29 heavy (non-hydrogen) atoms. The summed E-state index contributed by atoms with van der Waals surface area (Å²) in [6, 6.07) is 12.6. The Kier molecular flexibility index (Phi) is 5.40. The normalized spacial score (nSPS) is 18.1. The van der Waals surface area contributed by atoms with Crippen LogP contribution in [0.2, 0.25) is 0 Å². The number of carbonyl (C=O) groups is 2. The highest BCUT2D eigenvalue weighted by molar-refractivity contribution is 5.98. The molecule has 0 radical (unpaired) electrons. The zero-order valence-corrected chi connectivity index (χ0v) is 16.6. The van der Waals surface area contributed by atoms with Crippen LogP contribution in [0.4, 0.5) is 5.69 Å². The number of hydrogen-bond donors (Lipinski definition) is 3. The number of quaternary nitrogens is 1. The molecule has 0 bridgehead atoms. The Morgan fingerprint density at radius 1 is 1.07 bits per heavy atom. The van der Waals surface area contributed by atoms with Gasteiger partial charge in [-0.15, -0.1) is 0 Å². The highest BCUT2D eigenvalue weighted by atomic mass is 16.7. The first-order chi connectivity index (χ1) is 14.0. The summed E-state index contributed by atoms with van der Waals surface area (Å²) in [6.07, 6.45) is 0.663. The van der Waals surface area contributed by atoms with Gasteiger partial charge < -0.3 is 25.4 Å². The van der Waals surface area contributed by atoms with Gasteiger partial charge in [0.2, 0.25) is 12.7 Å². The first-order valence-corrected chi connectivity index (χ1v) is 9.92. The molecule has 0 saturated heterocycles. The quantitative estimate of drug-likeness (QED) is 0.708. The maximum atomic E-state index is 12.9. The molecule has 4 N–H and O–H groups in total. The molecule has 0 aromatic heterocycles. The van der Waals surface area contributed by atoms with E-state index >= 15 is 0 Å². The fourth-order valence-electron chi connectivity index (χ4n) is 3.73. The van der Waals surface area contributed by atoms with Crippen molar-refractivity contribution in [1.29, 1.82) is 0 Å². The van der Waals surface area contributed by atoms with Crippen molar-refractivity contribution >= 4 is 17.5 Å². The molecule has 7 heteroatoms. The topological polar surface area (TPSA) is 93.3 Å². The standard InChI is InChI=1S/C22H25N3O4/c1-13(2)20(22(27)24-16-7-8-18-19(10-16)29-12-28-18)25-21(26)17-9-14-5-3-4-6-15(14)11-23-17/h3-8,10,13,17,20,23H,9,11-12H2,1-2H3,(H,24,27)(H,25,26)/p+1/t17-,20-/m0/s1. The van der Waals surface area contributed by atoms with Crippen LogP contribution in [0.15, 0.2) is 42.5 Å². The Morgan fingerprint density at radius 3 is 2.62 bits per heavy atom. The average molecular weight is 396 g/mol. The van der Waals surface area contributed by atoms with Gasteiger partial charge in [0, 0.05) is 23.7 Å². The Bertz CT molecular complexity index is 928. The molecule has 0 fully saturated rings. The minimum atomic E-state index is -0.626. The van der Waals surface area contributed by atoms with Gasteiger partial charge in [0.05, 0.1) is 0 Å². The van der Waals surface area contributed by atoms with Gasteiger partial charge in [-0.05, 0) is 23.6 Å². The Balaban J connectivity index is 1.41. The van der Waals surface area contributed by atoms with E-state index in [-0.39, 0.29) is 30.6 Å². The van der Waals surface area contributed by atoms with Gasteiger partial charge in [-0.2, -0.15) is 0 Å². The second-order valence-corrected chi connectivity index (χ2v) is 7.81. The third-order valence-electron chi connectivity index (χ3n) is 5.40. The Morgan fingerprint density at radius 2 is 1.83 bits per heavy atom. The van der Waals surface area contributed by atoms with E-state index in [0.717, 1.165) is 6.54 Å². The summed E-state index contributed by atoms with van der Waals surface area (Å²) in [4.78, 5) is 25.7. The molecule has 2 aromatic rings. The van der Waals surface area contributed by atoms with Crippen molar-refractivity contribution in [3.05, 3.63) is 53.6 Å². The van der Waals surface area contributed by atoms with E-state index in [1.54, 1.807) is 18.2 Å². The zero-order valence-electron chi connectivity index (χ0n) is 16.6. The van der Waals surface area contributed by atoms with Crippen LogP contribution in [0.3, 0.4) is 0 Å². The number of amides is 2. The fourth-order valence-corrected chi connectivity index (χ4v) is 3.73. The second kappa shape index (κ2) is 8.13. The molecule has 0 spiro atoms. The van der Waals surface area contributed by atoms with Gasteiger partial charge in [-0.25, -0.2) is 0 Å². The molecular formula is C22H26N3O4+. The van der Waals surface area contributed by atoms with Gasteiger partial charge >= 0.3 is 0 Å². The van der Waals surface area contributed by atoms with Crippen molar-refractivity contribution in [2.75, 3.05) is 12.1 Å². The van der Waals surface area contributed by atoms with Crippen LogP contribution in [0.1, 0.15) is 25.0 Å². The van der Waals surface area contributed by atoms with Crippen LogP contribution in [0, 0.1) is 5.92 Å². The molecule has 2 heterocycles. The number of anilines is 1. The number of carbonyl (C=O) groups excluding carboxylic acids is 2. The maximum Gasteiger partial charge on any atom is 0.279 e. The van der Waals surface area contributed by atoms with Crippen LogP contribution in [0.5, 0.6) is 11.5 Å². The van der Waals surface area contributed by atoms with E-state index in [0.29, 0.717) is 23.6 Å². The van der Waals surface area contributed by atoms with Crippen molar-refractivity contribution < 1.29 is 24.4 Å². The van der Waals surface area contributed by atoms with E-state index in [9.17, 15) is 9.59 Å². The van der Waals surface area contributed by atoms with E-state index in [2.05, 4.69) is 22.8 Å². The predicted octanol–water partition coefficient (Wildman–Crippen LogP) is 1.18. The smallest absolute Gasteiger partial charge is 0.279 e. The molecule has 152 valence electrons. The van der Waals surface area contributed by atoms with E-state index in [1.807, 2.05) is 31.3 Å². The molecule has 4 rings (SSSR count). The van der Waals surface area contributed by atoms with Crippen molar-refractivity contribution in [1.82, 2.24) is 5.32 Å². The first-order valence-electron chi connectivity index (χ1n) is 9.92. The van der Waals surface area contributed by atoms with Gasteiger partial charge in [0.1, 0.15) is 12.6 Å². The van der Waals surface area contributed by atoms with Crippen LogP contribution < -0.4 is 25.4 Å². The van der Waals surface area contributed by atoms with Gasteiger partial charge in [-0.3, -0.25) is 9.59 Å². The van der Waals surface area contributed by atoms with Gasteiger partial charge in [-0.1, -0.05) is 38.1 Å². The largest absolute Gasteiger partial charge is 0.454 e. The van der Waals surface area contributed by atoms with Crippen molar-refractivity contribution in [3.63, 3.8) is 0 Å². The Hall–Kier alpha value is -3.06. The monoisotopic (exact) mass is 396 g/mol. The average Bonchev–Trinajstić information content (AvgIpc) is 3.19. The lowest BCUT2D eigenvalue weighted by Gasteiger charge is -2.26. The number of fused-ring (bicyclic) bond motifs is 2. The van der Waals surface area contributed by atoms with Crippen LogP contribution in [0.25, 0.3) is 0 Å². The lowest BCUT2D eigenvalue weighted by Crippen LogP contribution is -2.93. The summed E-state index contributed by atoms with van der Waals surface area (Å²) in [7, 11) is 0. The minimum absolute atomic E-state index is 0.0520. The number of ether oxygens (including phenoxy) is 2. The predicted molar refractivity (Wildman–Crippen MR) is 108 cm³/mol. The second-order valence-electron chi connectivity index (χ2n) is 7.81. The van der Waals surface area contributed by atoms with E-state index in [4.69, 9.17) is 9.47 Å². The van der Waals surface area contributed by atoms with Gasteiger partial charge in [0.15, 0.2) is 17.5 Å². The fraction of sp³-hybridized carbons (Fsp3) is 0.364. The summed E-state index contributed by atoms with van der Waals surface area (Å²) in [5.41, 5.74) is 3.07. The third kappa shape index (κ3) is 4.19. The maximum absolute atomic E-state index is 12.9. The summed E-state index contributed by atoms with van der Waals surface area (Å²) >= 11 is 0. The molecule has 0 saturated carbocycles. The number of hydrogen-bond acceptors (Lipinski definition) is 4. The number of benzene rings is 2. The molecule has 2 atom stereocenters. The number of nitrogens with one attached hydrogen (secondary N) is 2. The van der Waals surface area contributed by atoms with Crippen LogP contribution in [-0.4, -0.2) is 30.7 Å². The molecule has 2 aliphatic heterocycles. The lowest BCUT2D eigenvalue weighted by atomic mass is 9.94. The summed E-state index contributed by atoms with van der Waals surface area (Å²) in [5.74, 6) is 0.847. The Labute approximate surface area is 169 Å². The molecule has 0 aliphatic carbocycles. The molecule has 2 amide bonds. The summed E-state index contributed by atoms with van der Waals surface area (Å²) in [5, 5.41) is 7.86. The van der Waals surface area contributed by atoms with E-state index in [1.165, 1.54) is 11.1 Å². The molecule has 2 aromatic carbocycles. The lowest BCUT2D eigenvalue weighted by molar-refractivity contribution is -0.695. The van der Waals surface area contributed by atoms with Crippen molar-refractivity contribution in [3.8, 4) is 11.5 Å². The van der Waals surface area contributed by atoms with Crippen molar-refractivity contribution in [2.24, 2.45) is 5.92 Å².